The van der Waals surface area contributed by atoms with Crippen LogP contribution < -0.4 is 23.8 Å². The topological polar surface area (TPSA) is 86.8 Å². The summed E-state index contributed by atoms with van der Waals surface area (Å²) in [5.41, 5.74) is 1.31. The smallest absolute Gasteiger partial charge is 0.325 e. The minimum atomic E-state index is -0.544. The molecule has 0 N–H and O–H groups in total. The molecule has 2 aromatic carbocycles. The first-order valence-corrected chi connectivity index (χ1v) is 10.2. The fourth-order valence-corrected chi connectivity index (χ4v) is 3.68. The summed E-state index contributed by atoms with van der Waals surface area (Å²) in [4.78, 5) is 28.3. The fourth-order valence-electron chi connectivity index (χ4n) is 3.33. The van der Waals surface area contributed by atoms with Gasteiger partial charge in [0.05, 0.1) is 41.2 Å². The van der Waals surface area contributed by atoms with Gasteiger partial charge in [0.1, 0.15) is 18.0 Å². The summed E-state index contributed by atoms with van der Waals surface area (Å²) in [5, 5.41) is 0.147. The number of nitrogens with zero attached hydrogens (tertiary/aromatic N) is 2. The Bertz CT molecular complexity index is 1070. The zero-order chi connectivity index (χ0) is 24.1. The van der Waals surface area contributed by atoms with Crippen LogP contribution in [0.15, 0.2) is 42.1 Å². The second-order valence-electron chi connectivity index (χ2n) is 6.77. The molecule has 3 rings (SSSR count). The molecule has 174 valence electrons. The lowest BCUT2D eigenvalue weighted by Gasteiger charge is -2.19. The van der Waals surface area contributed by atoms with E-state index in [-0.39, 0.29) is 17.4 Å². The summed E-state index contributed by atoms with van der Waals surface area (Å²) in [5.74, 6) is 0.949. The third-order valence-corrected chi connectivity index (χ3v) is 5.37. The number of hydrogen-bond acceptors (Lipinski definition) is 8. The Morgan fingerprint density at radius 2 is 1.55 bits per heavy atom. The summed E-state index contributed by atoms with van der Waals surface area (Å²) in [6.07, 6.45) is 1.60. The molecule has 0 unspecified atom stereocenters. The van der Waals surface area contributed by atoms with Gasteiger partial charge in [0, 0.05) is 0 Å². The molecule has 9 nitrogen and oxygen atoms in total. The minimum Gasteiger partial charge on any atom is -0.497 e. The molecule has 0 spiro atoms. The highest BCUT2D eigenvalue weighted by molar-refractivity contribution is 7.80. The number of hydrogen-bond donors (Lipinski definition) is 0. The second kappa shape index (κ2) is 10.2. The Kier molecular flexibility index (Phi) is 7.39. The van der Waals surface area contributed by atoms with Crippen molar-refractivity contribution >= 4 is 41.0 Å². The molecular weight excluding hydrogens is 448 g/mol. The van der Waals surface area contributed by atoms with Crippen LogP contribution in [0, 0.1) is 0 Å². The molecule has 2 aromatic rings. The van der Waals surface area contributed by atoms with Gasteiger partial charge in [0.2, 0.25) is 5.75 Å². The molecule has 0 atom stereocenters. The summed E-state index contributed by atoms with van der Waals surface area (Å²) in [7, 11) is 7.32. The molecule has 10 heteroatoms. The molecule has 1 aliphatic heterocycles. The molecule has 0 saturated carbocycles. The average Bonchev–Trinajstić information content (AvgIpc) is 3.06. The number of carbonyl (C=O) groups is 2. The van der Waals surface area contributed by atoms with Crippen LogP contribution in [0.1, 0.15) is 5.56 Å². The summed E-state index contributed by atoms with van der Waals surface area (Å²) in [6, 6.07) is 10.2. The lowest BCUT2D eigenvalue weighted by molar-refractivity contribution is -0.140. The standard InChI is InChI=1S/C23H24N2O7S/c1-28-16-8-6-15(7-9-16)25-22(27)17(24(23(25)33)13-20(26)31-4)10-14-11-18(29-2)21(32-5)19(12-14)30-3/h6-12H,13H2,1-5H3/b17-10-. The highest BCUT2D eigenvalue weighted by atomic mass is 32.1. The zero-order valence-corrected chi connectivity index (χ0v) is 19.7. The van der Waals surface area contributed by atoms with Crippen LogP contribution in [0.2, 0.25) is 0 Å². The van der Waals surface area contributed by atoms with Gasteiger partial charge >= 0.3 is 5.97 Å². The van der Waals surface area contributed by atoms with Crippen molar-refractivity contribution in [1.82, 2.24) is 4.90 Å². The van der Waals surface area contributed by atoms with Gasteiger partial charge in [-0.05, 0) is 60.3 Å². The van der Waals surface area contributed by atoms with E-state index >= 15 is 0 Å². The molecule has 0 bridgehead atoms. The van der Waals surface area contributed by atoms with Crippen LogP contribution in [-0.4, -0.2) is 64.0 Å². The van der Waals surface area contributed by atoms with Crippen LogP contribution in [0.5, 0.6) is 23.0 Å². The van der Waals surface area contributed by atoms with Crippen LogP contribution in [0.3, 0.4) is 0 Å². The van der Waals surface area contributed by atoms with Gasteiger partial charge in [-0.25, -0.2) is 0 Å². The molecular formula is C23H24N2O7S. The number of benzene rings is 2. The van der Waals surface area contributed by atoms with Crippen molar-refractivity contribution in [2.24, 2.45) is 0 Å². The number of amides is 1. The first kappa shape index (κ1) is 23.9. The highest BCUT2D eigenvalue weighted by Crippen LogP contribution is 2.39. The Balaban J connectivity index is 2.10. The first-order chi connectivity index (χ1) is 15.9. The Labute approximate surface area is 197 Å². The van der Waals surface area contributed by atoms with E-state index in [0.717, 1.165) is 0 Å². The number of rotatable bonds is 8. The predicted octanol–water partition coefficient (Wildman–Crippen LogP) is 2.87. The van der Waals surface area contributed by atoms with E-state index in [1.807, 2.05) is 0 Å². The maximum absolute atomic E-state index is 13.4. The number of methoxy groups -OCH3 is 5. The zero-order valence-electron chi connectivity index (χ0n) is 18.9. The molecule has 0 aliphatic carbocycles. The van der Waals surface area contributed by atoms with Crippen molar-refractivity contribution < 1.29 is 33.3 Å². The summed E-state index contributed by atoms with van der Waals surface area (Å²) < 4.78 is 26.1. The van der Waals surface area contributed by atoms with Crippen molar-refractivity contribution in [2.45, 2.75) is 0 Å². The monoisotopic (exact) mass is 472 g/mol. The quantitative estimate of drug-likeness (QED) is 0.327. The number of ether oxygens (including phenoxy) is 5. The van der Waals surface area contributed by atoms with E-state index in [0.29, 0.717) is 34.2 Å². The molecule has 0 aromatic heterocycles. The average molecular weight is 473 g/mol. The number of anilines is 1. The van der Waals surface area contributed by atoms with Crippen LogP contribution in [0.4, 0.5) is 5.69 Å². The van der Waals surface area contributed by atoms with Crippen molar-refractivity contribution in [2.75, 3.05) is 47.0 Å². The largest absolute Gasteiger partial charge is 0.497 e. The van der Waals surface area contributed by atoms with Gasteiger partial charge in [-0.2, -0.15) is 0 Å². The minimum absolute atomic E-state index is 0.147. The van der Waals surface area contributed by atoms with Crippen molar-refractivity contribution in [3.8, 4) is 23.0 Å². The third kappa shape index (κ3) is 4.70. The van der Waals surface area contributed by atoms with Gasteiger partial charge in [-0.1, -0.05) is 0 Å². The van der Waals surface area contributed by atoms with E-state index in [4.69, 9.17) is 35.9 Å². The van der Waals surface area contributed by atoms with Crippen LogP contribution in [-0.2, 0) is 14.3 Å². The SMILES string of the molecule is COC(=O)CN1C(=S)N(c2ccc(OC)cc2)C(=O)/C1=C/c1cc(OC)c(OC)c(OC)c1. The van der Waals surface area contributed by atoms with Crippen LogP contribution in [0.25, 0.3) is 6.08 Å². The second-order valence-corrected chi connectivity index (χ2v) is 7.14. The van der Waals surface area contributed by atoms with Crippen molar-refractivity contribution in [3.63, 3.8) is 0 Å². The maximum atomic E-state index is 13.4. The van der Waals surface area contributed by atoms with Crippen LogP contribution >= 0.6 is 12.2 Å². The lowest BCUT2D eigenvalue weighted by atomic mass is 10.1. The summed E-state index contributed by atoms with van der Waals surface area (Å²) >= 11 is 5.56. The van der Waals surface area contributed by atoms with Gasteiger partial charge < -0.3 is 28.6 Å². The lowest BCUT2D eigenvalue weighted by Crippen LogP contribution is -2.35. The van der Waals surface area contributed by atoms with E-state index in [1.165, 1.54) is 38.2 Å². The molecule has 1 heterocycles. The van der Waals surface area contributed by atoms with E-state index in [9.17, 15) is 9.59 Å². The molecule has 1 fully saturated rings. The van der Waals surface area contributed by atoms with E-state index in [1.54, 1.807) is 49.6 Å². The summed E-state index contributed by atoms with van der Waals surface area (Å²) in [6.45, 7) is -0.232. The third-order valence-electron chi connectivity index (χ3n) is 4.97. The van der Waals surface area contributed by atoms with Gasteiger partial charge in [0.15, 0.2) is 16.6 Å². The highest BCUT2D eigenvalue weighted by Gasteiger charge is 2.40. The van der Waals surface area contributed by atoms with Crippen molar-refractivity contribution in [1.29, 1.82) is 0 Å². The normalized spacial score (nSPS) is 14.5. The van der Waals surface area contributed by atoms with Gasteiger partial charge in [0.25, 0.3) is 5.91 Å². The van der Waals surface area contributed by atoms with Gasteiger partial charge in [-0.15, -0.1) is 0 Å². The van der Waals surface area contributed by atoms with E-state index in [2.05, 4.69) is 0 Å². The Morgan fingerprint density at radius 3 is 2.03 bits per heavy atom. The molecule has 1 aliphatic rings. The van der Waals surface area contributed by atoms with Crippen molar-refractivity contribution in [3.05, 3.63) is 47.7 Å². The van der Waals surface area contributed by atoms with E-state index < -0.39 is 11.9 Å². The molecule has 0 radical (unpaired) electrons. The Hall–Kier alpha value is -3.79. The van der Waals surface area contributed by atoms with Gasteiger partial charge in [-0.3, -0.25) is 14.5 Å². The fraction of sp³-hybridized carbons (Fsp3) is 0.261. The molecule has 1 amide bonds. The maximum Gasteiger partial charge on any atom is 0.325 e. The Morgan fingerprint density at radius 1 is 0.939 bits per heavy atom. The number of carbonyl (C=O) groups excluding carboxylic acids is 2. The molecule has 33 heavy (non-hydrogen) atoms. The predicted molar refractivity (Wildman–Crippen MR) is 126 cm³/mol. The first-order valence-electron chi connectivity index (χ1n) is 9.77. The number of esters is 1. The number of thiocarbonyl (C=S) groups is 1. The molecule has 1 saturated heterocycles.